The number of carbonyl (C=O) groups is 1. The number of hydrogen-bond donors (Lipinski definition) is 0. The summed E-state index contributed by atoms with van der Waals surface area (Å²) in [5, 5.41) is 3.04. The van der Waals surface area contributed by atoms with Crippen LogP contribution in [0.3, 0.4) is 0 Å². The highest BCUT2D eigenvalue weighted by atomic mass is 32.1. The molecule has 1 heterocycles. The first kappa shape index (κ1) is 12.1. The lowest BCUT2D eigenvalue weighted by Crippen LogP contribution is -2.04. The van der Waals surface area contributed by atoms with Gasteiger partial charge in [0.1, 0.15) is 5.82 Å². The normalized spacial score (nSPS) is 10.8. The maximum atomic E-state index is 13.1. The van der Waals surface area contributed by atoms with Crippen LogP contribution in [0.15, 0.2) is 47.8 Å². The first-order valence-electron chi connectivity index (χ1n) is 5.94. The molecule has 0 radical (unpaired) electrons. The van der Waals surface area contributed by atoms with Crippen LogP contribution in [-0.4, -0.2) is 5.78 Å². The Morgan fingerprint density at radius 2 is 1.95 bits per heavy atom. The molecule has 0 aliphatic carbocycles. The van der Waals surface area contributed by atoms with Crippen molar-refractivity contribution in [2.24, 2.45) is 0 Å². The van der Waals surface area contributed by atoms with Crippen molar-refractivity contribution < 1.29 is 9.18 Å². The zero-order valence-electron chi connectivity index (χ0n) is 10.3. The molecule has 3 rings (SSSR count). The Labute approximate surface area is 114 Å². The smallest absolute Gasteiger partial charge is 0.194 e. The number of ketones is 1. The van der Waals surface area contributed by atoms with Crippen LogP contribution in [0.4, 0.5) is 4.39 Å². The van der Waals surface area contributed by atoms with Gasteiger partial charge < -0.3 is 0 Å². The molecule has 0 aliphatic rings. The Bertz CT molecular complexity index is 773. The van der Waals surface area contributed by atoms with Crippen molar-refractivity contribution in [1.29, 1.82) is 0 Å². The van der Waals surface area contributed by atoms with Gasteiger partial charge in [-0.15, -0.1) is 11.3 Å². The Hall–Kier alpha value is -2.00. The third kappa shape index (κ3) is 2.06. The number of halogens is 1. The summed E-state index contributed by atoms with van der Waals surface area (Å²) in [6.07, 6.45) is 0. The average Bonchev–Trinajstić information content (AvgIpc) is 2.86. The van der Waals surface area contributed by atoms with Crippen molar-refractivity contribution in [2.75, 3.05) is 0 Å². The van der Waals surface area contributed by atoms with Crippen LogP contribution in [0.1, 0.15) is 21.5 Å². The third-order valence-electron chi connectivity index (χ3n) is 3.16. The summed E-state index contributed by atoms with van der Waals surface area (Å²) in [5.41, 5.74) is 1.91. The number of aryl methyl sites for hydroxylation is 1. The van der Waals surface area contributed by atoms with E-state index in [1.807, 2.05) is 29.6 Å². The van der Waals surface area contributed by atoms with E-state index in [1.165, 1.54) is 12.1 Å². The second-order valence-corrected chi connectivity index (χ2v) is 5.35. The monoisotopic (exact) mass is 270 g/mol. The van der Waals surface area contributed by atoms with Crippen LogP contribution in [0.5, 0.6) is 0 Å². The molecular formula is C16H11FOS. The van der Waals surface area contributed by atoms with Crippen LogP contribution < -0.4 is 0 Å². The van der Waals surface area contributed by atoms with Gasteiger partial charge in [-0.1, -0.05) is 12.1 Å². The molecule has 0 aliphatic heterocycles. The Kier molecular flexibility index (Phi) is 2.91. The molecule has 0 saturated heterocycles. The van der Waals surface area contributed by atoms with Crippen molar-refractivity contribution in [3.05, 3.63) is 70.4 Å². The number of benzene rings is 2. The minimum absolute atomic E-state index is 0.0504. The zero-order chi connectivity index (χ0) is 13.4. The van der Waals surface area contributed by atoms with Crippen LogP contribution in [0.25, 0.3) is 10.1 Å². The van der Waals surface area contributed by atoms with Gasteiger partial charge >= 0.3 is 0 Å². The van der Waals surface area contributed by atoms with E-state index in [0.29, 0.717) is 16.7 Å². The van der Waals surface area contributed by atoms with Gasteiger partial charge in [-0.3, -0.25) is 4.79 Å². The van der Waals surface area contributed by atoms with Crippen molar-refractivity contribution in [2.45, 2.75) is 6.92 Å². The van der Waals surface area contributed by atoms with Gasteiger partial charge in [0.2, 0.25) is 0 Å². The Morgan fingerprint density at radius 3 is 2.74 bits per heavy atom. The summed E-state index contributed by atoms with van der Waals surface area (Å²) < 4.78 is 14.1. The van der Waals surface area contributed by atoms with E-state index in [4.69, 9.17) is 0 Å². The predicted molar refractivity (Wildman–Crippen MR) is 76.4 cm³/mol. The third-order valence-corrected chi connectivity index (χ3v) is 4.12. The predicted octanol–water partition coefficient (Wildman–Crippen LogP) is 4.58. The van der Waals surface area contributed by atoms with Gasteiger partial charge in [-0.05, 0) is 53.6 Å². The first-order chi connectivity index (χ1) is 9.16. The minimum Gasteiger partial charge on any atom is -0.289 e. The van der Waals surface area contributed by atoms with Gasteiger partial charge in [-0.2, -0.15) is 0 Å². The molecule has 0 amide bonds. The van der Waals surface area contributed by atoms with E-state index >= 15 is 0 Å². The molecule has 0 spiro atoms. The van der Waals surface area contributed by atoms with E-state index in [2.05, 4.69) is 0 Å². The molecule has 0 unspecified atom stereocenters. The largest absolute Gasteiger partial charge is 0.289 e. The summed E-state index contributed by atoms with van der Waals surface area (Å²) in [5.74, 6) is -0.367. The lowest BCUT2D eigenvalue weighted by Gasteiger charge is -2.06. The SMILES string of the molecule is Cc1cc(F)ccc1C(=O)c1cccc2ccsc12. The number of thiophene rings is 1. The summed E-state index contributed by atoms with van der Waals surface area (Å²) in [6.45, 7) is 1.75. The molecule has 94 valence electrons. The van der Waals surface area contributed by atoms with Crippen molar-refractivity contribution in [3.8, 4) is 0 Å². The maximum Gasteiger partial charge on any atom is 0.194 e. The molecule has 2 aromatic carbocycles. The van der Waals surface area contributed by atoms with Gasteiger partial charge in [0, 0.05) is 15.8 Å². The number of fused-ring (bicyclic) bond motifs is 1. The Balaban J connectivity index is 2.16. The highest BCUT2D eigenvalue weighted by molar-refractivity contribution is 7.17. The summed E-state index contributed by atoms with van der Waals surface area (Å²) in [4.78, 5) is 12.6. The highest BCUT2D eigenvalue weighted by Gasteiger charge is 2.15. The molecule has 1 aromatic heterocycles. The van der Waals surface area contributed by atoms with Gasteiger partial charge in [0.15, 0.2) is 5.78 Å². The molecule has 3 aromatic rings. The molecule has 0 saturated carbocycles. The van der Waals surface area contributed by atoms with Crippen LogP contribution in [0, 0.1) is 12.7 Å². The summed E-state index contributed by atoms with van der Waals surface area (Å²) >= 11 is 1.55. The van der Waals surface area contributed by atoms with Crippen molar-refractivity contribution in [1.82, 2.24) is 0 Å². The highest BCUT2D eigenvalue weighted by Crippen LogP contribution is 2.27. The average molecular weight is 270 g/mol. The number of carbonyl (C=O) groups excluding carboxylic acids is 1. The number of rotatable bonds is 2. The van der Waals surface area contributed by atoms with Crippen molar-refractivity contribution in [3.63, 3.8) is 0 Å². The van der Waals surface area contributed by atoms with E-state index in [9.17, 15) is 9.18 Å². The second kappa shape index (κ2) is 4.59. The van der Waals surface area contributed by atoms with Crippen molar-refractivity contribution >= 4 is 27.2 Å². The molecule has 19 heavy (non-hydrogen) atoms. The Morgan fingerprint density at radius 1 is 1.11 bits per heavy atom. The summed E-state index contributed by atoms with van der Waals surface area (Å²) in [6, 6.07) is 12.0. The van der Waals surface area contributed by atoms with Gasteiger partial charge in [0.05, 0.1) is 0 Å². The molecule has 0 fully saturated rings. The first-order valence-corrected chi connectivity index (χ1v) is 6.82. The number of hydrogen-bond acceptors (Lipinski definition) is 2. The topological polar surface area (TPSA) is 17.1 Å². The quantitative estimate of drug-likeness (QED) is 0.623. The van der Waals surface area contributed by atoms with Gasteiger partial charge in [0.25, 0.3) is 0 Å². The fourth-order valence-corrected chi connectivity index (χ4v) is 3.11. The lowest BCUT2D eigenvalue weighted by atomic mass is 9.98. The van der Waals surface area contributed by atoms with Gasteiger partial charge in [-0.25, -0.2) is 4.39 Å². The van der Waals surface area contributed by atoms with E-state index in [0.717, 1.165) is 10.1 Å². The van der Waals surface area contributed by atoms with Crippen LogP contribution in [-0.2, 0) is 0 Å². The fourth-order valence-electron chi connectivity index (χ4n) is 2.20. The van der Waals surface area contributed by atoms with E-state index < -0.39 is 0 Å². The van der Waals surface area contributed by atoms with E-state index in [-0.39, 0.29) is 11.6 Å². The molecular weight excluding hydrogens is 259 g/mol. The lowest BCUT2D eigenvalue weighted by molar-refractivity contribution is 0.104. The zero-order valence-corrected chi connectivity index (χ0v) is 11.1. The fraction of sp³-hybridized carbons (Fsp3) is 0.0625. The molecule has 1 nitrogen and oxygen atoms in total. The standard InChI is InChI=1S/C16H11FOS/c1-10-9-12(17)5-6-13(10)15(18)14-4-2-3-11-7-8-19-16(11)14/h2-9H,1H3. The molecule has 0 atom stereocenters. The maximum absolute atomic E-state index is 13.1. The molecule has 0 N–H and O–H groups in total. The molecule has 3 heteroatoms. The van der Waals surface area contributed by atoms with Crippen LogP contribution in [0.2, 0.25) is 0 Å². The van der Waals surface area contributed by atoms with Crippen LogP contribution >= 0.6 is 11.3 Å². The second-order valence-electron chi connectivity index (χ2n) is 4.43. The van der Waals surface area contributed by atoms with E-state index in [1.54, 1.807) is 24.3 Å². The summed E-state index contributed by atoms with van der Waals surface area (Å²) in [7, 11) is 0. The molecule has 0 bridgehead atoms. The minimum atomic E-state index is -0.316.